The van der Waals surface area contributed by atoms with Gasteiger partial charge in [0.2, 0.25) is 5.91 Å². The number of hydrogen-bond donors (Lipinski definition) is 1. The summed E-state index contributed by atoms with van der Waals surface area (Å²) in [6, 6.07) is 7.19. The van der Waals surface area contributed by atoms with E-state index >= 15 is 0 Å². The van der Waals surface area contributed by atoms with E-state index in [0.29, 0.717) is 0 Å². The number of nitrogens with two attached hydrogens (primary N) is 1. The van der Waals surface area contributed by atoms with Gasteiger partial charge < -0.3 is 5.73 Å². The van der Waals surface area contributed by atoms with E-state index in [1.807, 2.05) is 38.4 Å². The van der Waals surface area contributed by atoms with Crippen molar-refractivity contribution in [3.8, 4) is 0 Å². The number of amides is 1. The van der Waals surface area contributed by atoms with Crippen LogP contribution in [0, 0.1) is 0 Å². The molecular formula is C10H13BrN2O. The third-order valence-electron chi connectivity index (χ3n) is 1.99. The zero-order chi connectivity index (χ0) is 10.7. The average Bonchev–Trinajstić information content (AvgIpc) is 2.07. The number of nitrogens with zero attached hydrogens (tertiary/aromatic N) is 1. The smallest absolute Gasteiger partial charge is 0.239 e. The Morgan fingerprint density at radius 2 is 2.00 bits per heavy atom. The summed E-state index contributed by atoms with van der Waals surface area (Å²) in [5, 5.41) is 0. The minimum atomic E-state index is -0.384. The molecule has 14 heavy (non-hydrogen) atoms. The van der Waals surface area contributed by atoms with E-state index in [-0.39, 0.29) is 11.9 Å². The summed E-state index contributed by atoms with van der Waals surface area (Å²) < 4.78 is 0.900. The third kappa shape index (κ3) is 2.33. The van der Waals surface area contributed by atoms with Gasteiger partial charge in [0.1, 0.15) is 6.04 Å². The Bertz CT molecular complexity index is 339. The second-order valence-corrected chi connectivity index (χ2v) is 4.14. The monoisotopic (exact) mass is 256 g/mol. The Labute approximate surface area is 92.0 Å². The highest BCUT2D eigenvalue weighted by Crippen LogP contribution is 2.25. The van der Waals surface area contributed by atoms with Crippen molar-refractivity contribution < 1.29 is 4.79 Å². The quantitative estimate of drug-likeness (QED) is 0.892. The molecule has 0 aliphatic rings. The Morgan fingerprint density at radius 3 is 2.43 bits per heavy atom. The lowest BCUT2D eigenvalue weighted by Crippen LogP contribution is -2.33. The number of halogens is 1. The van der Waals surface area contributed by atoms with Crippen LogP contribution in [0.25, 0.3) is 0 Å². The van der Waals surface area contributed by atoms with Crippen molar-refractivity contribution in [2.45, 2.75) is 6.04 Å². The summed E-state index contributed by atoms with van der Waals surface area (Å²) in [5.41, 5.74) is 6.23. The number of primary amides is 1. The average molecular weight is 257 g/mol. The molecule has 2 N–H and O–H groups in total. The number of carbonyl (C=O) groups is 1. The van der Waals surface area contributed by atoms with Crippen molar-refractivity contribution in [1.82, 2.24) is 4.90 Å². The van der Waals surface area contributed by atoms with Crippen LogP contribution < -0.4 is 5.73 Å². The fourth-order valence-electron chi connectivity index (χ4n) is 1.38. The van der Waals surface area contributed by atoms with Crippen LogP contribution in [0.4, 0.5) is 0 Å². The van der Waals surface area contributed by atoms with Crippen LogP contribution in [0.15, 0.2) is 28.7 Å². The van der Waals surface area contributed by atoms with E-state index in [4.69, 9.17) is 5.73 Å². The Morgan fingerprint density at radius 1 is 1.43 bits per heavy atom. The molecule has 0 fully saturated rings. The molecule has 0 spiro atoms. The van der Waals surface area contributed by atoms with E-state index in [1.165, 1.54) is 0 Å². The van der Waals surface area contributed by atoms with Gasteiger partial charge >= 0.3 is 0 Å². The molecule has 3 nitrogen and oxygen atoms in total. The SMILES string of the molecule is CN(C)C(C(N)=O)c1ccccc1Br. The fourth-order valence-corrected chi connectivity index (χ4v) is 1.88. The molecule has 0 aliphatic carbocycles. The standard InChI is InChI=1S/C10H13BrN2O/c1-13(2)9(10(12)14)7-5-3-4-6-8(7)11/h3-6,9H,1-2H3,(H2,12,14). The lowest BCUT2D eigenvalue weighted by atomic mass is 10.1. The molecule has 0 saturated heterocycles. The fraction of sp³-hybridized carbons (Fsp3) is 0.300. The van der Waals surface area contributed by atoms with E-state index in [9.17, 15) is 4.79 Å². The first-order valence-corrected chi connectivity index (χ1v) is 5.03. The highest BCUT2D eigenvalue weighted by Gasteiger charge is 2.21. The van der Waals surface area contributed by atoms with Crippen LogP contribution in [-0.2, 0) is 4.79 Å². The minimum absolute atomic E-state index is 0.345. The number of rotatable bonds is 3. The summed E-state index contributed by atoms with van der Waals surface area (Å²) in [5.74, 6) is -0.345. The van der Waals surface area contributed by atoms with Gasteiger partial charge in [0.05, 0.1) is 0 Å². The second-order valence-electron chi connectivity index (χ2n) is 3.29. The van der Waals surface area contributed by atoms with Crippen LogP contribution in [0.2, 0.25) is 0 Å². The first-order valence-electron chi connectivity index (χ1n) is 4.24. The van der Waals surface area contributed by atoms with Crippen molar-refractivity contribution >= 4 is 21.8 Å². The normalized spacial score (nSPS) is 12.9. The first kappa shape index (κ1) is 11.2. The van der Waals surface area contributed by atoms with Crippen molar-refractivity contribution in [2.75, 3.05) is 14.1 Å². The van der Waals surface area contributed by atoms with Gasteiger partial charge in [-0.05, 0) is 25.7 Å². The first-order chi connectivity index (χ1) is 6.54. The molecule has 1 aromatic rings. The van der Waals surface area contributed by atoms with Gasteiger partial charge in [-0.25, -0.2) is 0 Å². The van der Waals surface area contributed by atoms with Crippen LogP contribution in [-0.4, -0.2) is 24.9 Å². The molecule has 0 aliphatic heterocycles. The molecule has 0 aromatic heterocycles. The Kier molecular flexibility index (Phi) is 3.66. The van der Waals surface area contributed by atoms with Crippen LogP contribution in [0.5, 0.6) is 0 Å². The predicted octanol–water partition coefficient (Wildman–Crippen LogP) is 1.54. The van der Waals surface area contributed by atoms with Crippen molar-refractivity contribution in [3.05, 3.63) is 34.3 Å². The number of likely N-dealkylation sites (N-methyl/N-ethyl adjacent to an activating group) is 1. The Balaban J connectivity index is 3.12. The van der Waals surface area contributed by atoms with Crippen molar-refractivity contribution in [1.29, 1.82) is 0 Å². The molecule has 76 valence electrons. The van der Waals surface area contributed by atoms with Gasteiger partial charge in [0.25, 0.3) is 0 Å². The maximum Gasteiger partial charge on any atom is 0.239 e. The summed E-state index contributed by atoms with van der Waals surface area (Å²) >= 11 is 3.40. The maximum absolute atomic E-state index is 11.3. The van der Waals surface area contributed by atoms with Crippen LogP contribution >= 0.6 is 15.9 Å². The maximum atomic E-state index is 11.3. The highest BCUT2D eigenvalue weighted by atomic mass is 79.9. The summed E-state index contributed by atoms with van der Waals surface area (Å²) in [6.07, 6.45) is 0. The zero-order valence-electron chi connectivity index (χ0n) is 8.20. The van der Waals surface area contributed by atoms with Gasteiger partial charge in [0, 0.05) is 4.47 Å². The summed E-state index contributed by atoms with van der Waals surface area (Å²) in [7, 11) is 3.66. The largest absolute Gasteiger partial charge is 0.368 e. The molecule has 1 amide bonds. The van der Waals surface area contributed by atoms with Gasteiger partial charge in [-0.1, -0.05) is 34.1 Å². The van der Waals surface area contributed by atoms with E-state index in [0.717, 1.165) is 10.0 Å². The molecule has 1 atom stereocenters. The van der Waals surface area contributed by atoms with Crippen LogP contribution in [0.1, 0.15) is 11.6 Å². The number of hydrogen-bond acceptors (Lipinski definition) is 2. The van der Waals surface area contributed by atoms with E-state index in [1.54, 1.807) is 4.90 Å². The lowest BCUT2D eigenvalue weighted by Gasteiger charge is -2.22. The summed E-state index contributed by atoms with van der Waals surface area (Å²) in [4.78, 5) is 13.0. The molecule has 0 heterocycles. The summed E-state index contributed by atoms with van der Waals surface area (Å²) in [6.45, 7) is 0. The van der Waals surface area contributed by atoms with Gasteiger partial charge in [-0.15, -0.1) is 0 Å². The third-order valence-corrected chi connectivity index (χ3v) is 2.71. The molecule has 4 heteroatoms. The van der Waals surface area contributed by atoms with Crippen molar-refractivity contribution in [3.63, 3.8) is 0 Å². The molecule has 0 radical (unpaired) electrons. The molecular weight excluding hydrogens is 244 g/mol. The van der Waals surface area contributed by atoms with E-state index < -0.39 is 0 Å². The lowest BCUT2D eigenvalue weighted by molar-refractivity contribution is -0.122. The highest BCUT2D eigenvalue weighted by molar-refractivity contribution is 9.10. The molecule has 0 bridgehead atoms. The molecule has 1 aromatic carbocycles. The topological polar surface area (TPSA) is 46.3 Å². The number of benzene rings is 1. The van der Waals surface area contributed by atoms with Gasteiger partial charge in [-0.2, -0.15) is 0 Å². The Hall–Kier alpha value is -0.870. The molecule has 0 saturated carbocycles. The van der Waals surface area contributed by atoms with E-state index in [2.05, 4.69) is 15.9 Å². The minimum Gasteiger partial charge on any atom is -0.368 e. The molecule has 1 rings (SSSR count). The zero-order valence-corrected chi connectivity index (χ0v) is 9.78. The van der Waals surface area contributed by atoms with Gasteiger partial charge in [-0.3, -0.25) is 9.69 Å². The van der Waals surface area contributed by atoms with Gasteiger partial charge in [0.15, 0.2) is 0 Å². The predicted molar refractivity (Wildman–Crippen MR) is 59.8 cm³/mol. The number of carbonyl (C=O) groups excluding carboxylic acids is 1. The second kappa shape index (κ2) is 4.57. The van der Waals surface area contributed by atoms with Crippen molar-refractivity contribution in [2.24, 2.45) is 5.73 Å². The van der Waals surface area contributed by atoms with Crippen LogP contribution in [0.3, 0.4) is 0 Å². The molecule has 1 unspecified atom stereocenters.